The minimum atomic E-state index is -0.400. The van der Waals surface area contributed by atoms with Gasteiger partial charge in [0.2, 0.25) is 5.91 Å². The summed E-state index contributed by atoms with van der Waals surface area (Å²) in [4.78, 5) is 30.5. The van der Waals surface area contributed by atoms with Gasteiger partial charge >= 0.3 is 0 Å². The lowest BCUT2D eigenvalue weighted by molar-refractivity contribution is -0.121. The molecule has 0 fully saturated rings. The Bertz CT molecular complexity index is 797. The summed E-state index contributed by atoms with van der Waals surface area (Å²) >= 11 is 1.21. The maximum absolute atomic E-state index is 13.8. The number of rotatable bonds is 10. The number of hydrogen-bond donors (Lipinski definition) is 2. The number of thiazole rings is 1. The first-order valence-electron chi connectivity index (χ1n) is 8.95. The first-order chi connectivity index (χ1) is 13.4. The standard InChI is InChI=1S/C19H25FN4O3S/c1-13(2)21-17(25)8-9-24(10-11-27-3)18(26)16-12-28-19(23-16)22-15-7-5-4-6-14(15)20/h4-7,12-13H,8-11H2,1-3H3,(H,21,25)(H,22,23). The van der Waals surface area contributed by atoms with Crippen LogP contribution >= 0.6 is 11.3 Å². The number of halogens is 1. The van der Waals surface area contributed by atoms with E-state index in [2.05, 4.69) is 15.6 Å². The molecule has 0 aliphatic carbocycles. The molecule has 1 heterocycles. The van der Waals surface area contributed by atoms with Crippen molar-refractivity contribution in [3.8, 4) is 0 Å². The van der Waals surface area contributed by atoms with Gasteiger partial charge in [-0.1, -0.05) is 12.1 Å². The lowest BCUT2D eigenvalue weighted by Gasteiger charge is -2.21. The van der Waals surface area contributed by atoms with Crippen molar-refractivity contribution in [3.05, 3.63) is 41.2 Å². The molecule has 9 heteroatoms. The van der Waals surface area contributed by atoms with E-state index in [0.29, 0.717) is 18.3 Å². The predicted octanol–water partition coefficient (Wildman–Crippen LogP) is 3.03. The Morgan fingerprint density at radius 1 is 1.29 bits per heavy atom. The molecular formula is C19H25FN4O3S. The van der Waals surface area contributed by atoms with Crippen LogP contribution in [0.15, 0.2) is 29.6 Å². The van der Waals surface area contributed by atoms with Crippen molar-refractivity contribution in [3.63, 3.8) is 0 Å². The Morgan fingerprint density at radius 2 is 2.04 bits per heavy atom. The Kier molecular flexibility index (Phi) is 8.34. The predicted molar refractivity (Wildman–Crippen MR) is 107 cm³/mol. The van der Waals surface area contributed by atoms with E-state index in [1.165, 1.54) is 22.3 Å². The lowest BCUT2D eigenvalue weighted by atomic mass is 10.3. The topological polar surface area (TPSA) is 83.6 Å². The Balaban J connectivity index is 2.03. The summed E-state index contributed by atoms with van der Waals surface area (Å²) in [6.45, 7) is 4.71. The maximum atomic E-state index is 13.8. The molecule has 0 aliphatic rings. The van der Waals surface area contributed by atoms with Crippen molar-refractivity contribution >= 4 is 34.0 Å². The van der Waals surface area contributed by atoms with Crippen molar-refractivity contribution < 1.29 is 18.7 Å². The Morgan fingerprint density at radius 3 is 2.71 bits per heavy atom. The zero-order valence-electron chi connectivity index (χ0n) is 16.2. The Labute approximate surface area is 167 Å². The largest absolute Gasteiger partial charge is 0.383 e. The van der Waals surface area contributed by atoms with Crippen molar-refractivity contribution in [2.45, 2.75) is 26.3 Å². The summed E-state index contributed by atoms with van der Waals surface area (Å²) in [5.74, 6) is -0.818. The van der Waals surface area contributed by atoms with Gasteiger partial charge in [0, 0.05) is 38.0 Å². The van der Waals surface area contributed by atoms with E-state index in [0.717, 1.165) is 0 Å². The van der Waals surface area contributed by atoms with Crippen LogP contribution < -0.4 is 10.6 Å². The molecule has 0 aliphatic heterocycles. The SMILES string of the molecule is COCCN(CCC(=O)NC(C)C)C(=O)c1csc(Nc2ccccc2F)n1. The van der Waals surface area contributed by atoms with Gasteiger partial charge in [-0.3, -0.25) is 9.59 Å². The summed E-state index contributed by atoms with van der Waals surface area (Å²) < 4.78 is 18.8. The first kappa shape index (κ1) is 21.8. The molecule has 28 heavy (non-hydrogen) atoms. The summed E-state index contributed by atoms with van der Waals surface area (Å²) in [5, 5.41) is 7.70. The van der Waals surface area contributed by atoms with Crippen molar-refractivity contribution in [1.29, 1.82) is 0 Å². The zero-order chi connectivity index (χ0) is 20.5. The van der Waals surface area contributed by atoms with Gasteiger partial charge in [0.15, 0.2) is 5.13 Å². The monoisotopic (exact) mass is 408 g/mol. The molecule has 2 rings (SSSR count). The van der Waals surface area contributed by atoms with Gasteiger partial charge in [-0.15, -0.1) is 11.3 Å². The number of ether oxygens (including phenoxy) is 1. The van der Waals surface area contributed by atoms with Gasteiger partial charge < -0.3 is 20.3 Å². The molecule has 2 N–H and O–H groups in total. The summed E-state index contributed by atoms with van der Waals surface area (Å²) in [6, 6.07) is 6.29. The number of methoxy groups -OCH3 is 1. The number of hydrogen-bond acceptors (Lipinski definition) is 6. The number of aromatic nitrogens is 1. The van der Waals surface area contributed by atoms with Crippen LogP contribution in [-0.4, -0.2) is 54.5 Å². The molecule has 1 aromatic heterocycles. The van der Waals surface area contributed by atoms with Gasteiger partial charge in [0.25, 0.3) is 5.91 Å². The average molecular weight is 408 g/mol. The van der Waals surface area contributed by atoms with Gasteiger partial charge in [-0.05, 0) is 26.0 Å². The van der Waals surface area contributed by atoms with E-state index in [9.17, 15) is 14.0 Å². The molecular weight excluding hydrogens is 383 g/mol. The number of amides is 2. The van der Waals surface area contributed by atoms with Gasteiger partial charge in [-0.25, -0.2) is 9.37 Å². The molecule has 0 spiro atoms. The van der Waals surface area contributed by atoms with Crippen LogP contribution in [0.3, 0.4) is 0 Å². The molecule has 2 aromatic rings. The third-order valence-electron chi connectivity index (χ3n) is 3.75. The number of carbonyl (C=O) groups is 2. The summed E-state index contributed by atoms with van der Waals surface area (Å²) in [7, 11) is 1.55. The van der Waals surface area contributed by atoms with Gasteiger partial charge in [0.1, 0.15) is 11.5 Å². The van der Waals surface area contributed by atoms with E-state index >= 15 is 0 Å². The van der Waals surface area contributed by atoms with E-state index in [-0.39, 0.29) is 42.2 Å². The molecule has 0 radical (unpaired) electrons. The third-order valence-corrected chi connectivity index (χ3v) is 4.51. The smallest absolute Gasteiger partial charge is 0.273 e. The molecule has 7 nitrogen and oxygen atoms in total. The van der Waals surface area contributed by atoms with E-state index < -0.39 is 5.82 Å². The zero-order valence-corrected chi connectivity index (χ0v) is 17.0. The van der Waals surface area contributed by atoms with Crippen molar-refractivity contribution in [1.82, 2.24) is 15.2 Å². The average Bonchev–Trinajstić information content (AvgIpc) is 3.11. The van der Waals surface area contributed by atoms with E-state index in [4.69, 9.17) is 4.74 Å². The number of nitrogens with zero attached hydrogens (tertiary/aromatic N) is 2. The highest BCUT2D eigenvalue weighted by Crippen LogP contribution is 2.23. The van der Waals surface area contributed by atoms with Gasteiger partial charge in [-0.2, -0.15) is 0 Å². The summed E-state index contributed by atoms with van der Waals surface area (Å²) in [5.41, 5.74) is 0.529. The van der Waals surface area contributed by atoms with Crippen LogP contribution in [-0.2, 0) is 9.53 Å². The highest BCUT2D eigenvalue weighted by molar-refractivity contribution is 7.14. The molecule has 0 saturated carbocycles. The minimum absolute atomic E-state index is 0.0428. The fraction of sp³-hybridized carbons (Fsp3) is 0.421. The maximum Gasteiger partial charge on any atom is 0.273 e. The van der Waals surface area contributed by atoms with E-state index in [1.807, 2.05) is 13.8 Å². The van der Waals surface area contributed by atoms with Crippen LogP contribution in [0.1, 0.15) is 30.8 Å². The molecule has 0 saturated heterocycles. The summed E-state index contributed by atoms with van der Waals surface area (Å²) in [6.07, 6.45) is 0.193. The first-order valence-corrected chi connectivity index (χ1v) is 9.83. The van der Waals surface area contributed by atoms with Crippen molar-refractivity contribution in [2.75, 3.05) is 32.1 Å². The number of para-hydroxylation sites is 1. The number of benzene rings is 1. The van der Waals surface area contributed by atoms with Crippen molar-refractivity contribution in [2.24, 2.45) is 0 Å². The normalized spacial score (nSPS) is 10.8. The fourth-order valence-corrected chi connectivity index (χ4v) is 3.11. The number of anilines is 2. The second kappa shape index (κ2) is 10.7. The molecule has 0 bridgehead atoms. The van der Waals surface area contributed by atoms with Crippen LogP contribution in [0.4, 0.5) is 15.2 Å². The van der Waals surface area contributed by atoms with Crippen LogP contribution in [0, 0.1) is 5.82 Å². The minimum Gasteiger partial charge on any atom is -0.383 e. The number of carbonyl (C=O) groups excluding carboxylic acids is 2. The molecule has 1 aromatic carbocycles. The van der Waals surface area contributed by atoms with Crippen LogP contribution in [0.25, 0.3) is 0 Å². The quantitative estimate of drug-likeness (QED) is 0.631. The fourth-order valence-electron chi connectivity index (χ4n) is 2.42. The van der Waals surface area contributed by atoms with Crippen LogP contribution in [0.2, 0.25) is 0 Å². The highest BCUT2D eigenvalue weighted by Gasteiger charge is 2.20. The third kappa shape index (κ3) is 6.58. The highest BCUT2D eigenvalue weighted by atomic mass is 32.1. The van der Waals surface area contributed by atoms with Gasteiger partial charge in [0.05, 0.1) is 12.3 Å². The van der Waals surface area contributed by atoms with E-state index in [1.54, 1.807) is 30.7 Å². The van der Waals surface area contributed by atoms with Crippen LogP contribution in [0.5, 0.6) is 0 Å². The molecule has 2 amide bonds. The molecule has 152 valence electrons. The molecule has 0 atom stereocenters. The Hall–Kier alpha value is -2.52. The second-order valence-corrected chi connectivity index (χ2v) is 7.26. The molecule has 0 unspecified atom stereocenters. The lowest BCUT2D eigenvalue weighted by Crippen LogP contribution is -2.38. The second-order valence-electron chi connectivity index (χ2n) is 6.40. The number of nitrogens with one attached hydrogen (secondary N) is 2.